The van der Waals surface area contributed by atoms with Gasteiger partial charge in [-0.1, -0.05) is 13.0 Å². The number of nitrogens with zero attached hydrogens (tertiary/aromatic N) is 2. The number of hydrogen-bond acceptors (Lipinski definition) is 2. The molecular formula is C16H24N2. The van der Waals surface area contributed by atoms with Crippen LogP contribution in [-0.4, -0.2) is 29.0 Å². The van der Waals surface area contributed by atoms with E-state index in [1.165, 1.54) is 50.8 Å². The number of pyridine rings is 1. The van der Waals surface area contributed by atoms with Crippen LogP contribution in [0.4, 0.5) is 0 Å². The summed E-state index contributed by atoms with van der Waals surface area (Å²) in [7, 11) is 0. The number of hydrogen-bond donors (Lipinski definition) is 0. The van der Waals surface area contributed by atoms with E-state index in [1.54, 1.807) is 0 Å². The molecule has 2 atom stereocenters. The van der Waals surface area contributed by atoms with Crippen molar-refractivity contribution in [3.63, 3.8) is 0 Å². The highest BCUT2D eigenvalue weighted by Crippen LogP contribution is 2.37. The van der Waals surface area contributed by atoms with Gasteiger partial charge in [-0.3, -0.25) is 4.98 Å². The first kappa shape index (κ1) is 12.2. The lowest BCUT2D eigenvalue weighted by Gasteiger charge is -2.46. The summed E-state index contributed by atoms with van der Waals surface area (Å²) in [5, 5.41) is 0. The molecule has 1 aromatic rings. The molecule has 98 valence electrons. The third-order valence-corrected chi connectivity index (χ3v) is 4.98. The fourth-order valence-corrected chi connectivity index (χ4v) is 3.82. The molecule has 0 amide bonds. The monoisotopic (exact) mass is 244 g/mol. The van der Waals surface area contributed by atoms with Crippen molar-refractivity contribution < 1.29 is 0 Å². The van der Waals surface area contributed by atoms with Crippen molar-refractivity contribution in [3.8, 4) is 0 Å². The van der Waals surface area contributed by atoms with Gasteiger partial charge in [-0.15, -0.1) is 0 Å². The van der Waals surface area contributed by atoms with Gasteiger partial charge in [-0.25, -0.2) is 0 Å². The highest BCUT2D eigenvalue weighted by molar-refractivity contribution is 5.15. The van der Waals surface area contributed by atoms with E-state index in [1.807, 2.05) is 6.20 Å². The quantitative estimate of drug-likeness (QED) is 0.806. The van der Waals surface area contributed by atoms with Gasteiger partial charge in [0.05, 0.1) is 0 Å². The average molecular weight is 244 g/mol. The molecule has 2 heteroatoms. The molecule has 0 saturated carbocycles. The molecule has 3 aliphatic rings. The molecule has 3 aliphatic heterocycles. The van der Waals surface area contributed by atoms with Gasteiger partial charge < -0.3 is 4.90 Å². The molecule has 4 rings (SSSR count). The third-order valence-electron chi connectivity index (χ3n) is 4.98. The van der Waals surface area contributed by atoms with Crippen LogP contribution in [0.15, 0.2) is 24.5 Å². The minimum Gasteiger partial charge on any atom is -0.300 e. The first-order valence-corrected chi connectivity index (χ1v) is 7.50. The Morgan fingerprint density at radius 2 is 2.22 bits per heavy atom. The molecule has 2 bridgehead atoms. The fourth-order valence-electron chi connectivity index (χ4n) is 3.82. The van der Waals surface area contributed by atoms with Crippen LogP contribution in [0.3, 0.4) is 0 Å². The van der Waals surface area contributed by atoms with E-state index < -0.39 is 0 Å². The van der Waals surface area contributed by atoms with Crippen LogP contribution in [0, 0.1) is 5.92 Å². The van der Waals surface area contributed by atoms with E-state index in [4.69, 9.17) is 0 Å². The van der Waals surface area contributed by atoms with Crippen molar-refractivity contribution in [1.29, 1.82) is 0 Å². The van der Waals surface area contributed by atoms with Gasteiger partial charge in [0.15, 0.2) is 0 Å². The summed E-state index contributed by atoms with van der Waals surface area (Å²) in [6.07, 6.45) is 10.8. The molecule has 1 aromatic heterocycles. The highest BCUT2D eigenvalue weighted by Gasteiger charge is 2.34. The Balaban J connectivity index is 1.67. The van der Waals surface area contributed by atoms with Crippen LogP contribution in [0.25, 0.3) is 0 Å². The summed E-state index contributed by atoms with van der Waals surface area (Å²) in [5.74, 6) is 1.72. The van der Waals surface area contributed by atoms with Crippen LogP contribution in [0.2, 0.25) is 0 Å². The van der Waals surface area contributed by atoms with Gasteiger partial charge in [0.25, 0.3) is 0 Å². The standard InChI is InChI=1S/C16H24N2/c1-2-14(15-4-3-7-17-12-15)11-16-10-13-5-8-18(16)9-6-13/h3-4,7,12-14,16H,2,5-6,8-11H2,1H3. The van der Waals surface area contributed by atoms with Crippen LogP contribution >= 0.6 is 0 Å². The van der Waals surface area contributed by atoms with Gasteiger partial charge in [-0.2, -0.15) is 0 Å². The minimum absolute atomic E-state index is 0.697. The zero-order valence-electron chi connectivity index (χ0n) is 11.4. The summed E-state index contributed by atoms with van der Waals surface area (Å²) in [4.78, 5) is 7.02. The molecule has 0 aromatic carbocycles. The van der Waals surface area contributed by atoms with Crippen molar-refractivity contribution in [2.75, 3.05) is 13.1 Å². The van der Waals surface area contributed by atoms with Crippen LogP contribution in [-0.2, 0) is 0 Å². The van der Waals surface area contributed by atoms with E-state index in [2.05, 4.69) is 35.1 Å². The Kier molecular flexibility index (Phi) is 3.64. The number of fused-ring (bicyclic) bond motifs is 3. The number of rotatable bonds is 4. The second-order valence-electron chi connectivity index (χ2n) is 6.00. The normalized spacial score (nSPS) is 32.4. The first-order valence-electron chi connectivity index (χ1n) is 7.50. The van der Waals surface area contributed by atoms with Crippen molar-refractivity contribution in [3.05, 3.63) is 30.1 Å². The lowest BCUT2D eigenvalue weighted by molar-refractivity contribution is 0.0411. The lowest BCUT2D eigenvalue weighted by atomic mass is 9.78. The van der Waals surface area contributed by atoms with Crippen LogP contribution in [0.5, 0.6) is 0 Å². The lowest BCUT2D eigenvalue weighted by Crippen LogP contribution is -2.49. The molecule has 3 fully saturated rings. The second-order valence-corrected chi connectivity index (χ2v) is 6.00. The Morgan fingerprint density at radius 3 is 2.78 bits per heavy atom. The Labute approximate surface area is 110 Å². The first-order chi connectivity index (χ1) is 8.86. The summed E-state index contributed by atoms with van der Waals surface area (Å²) < 4.78 is 0. The molecule has 3 saturated heterocycles. The molecule has 2 unspecified atom stereocenters. The van der Waals surface area contributed by atoms with Gasteiger partial charge in [0, 0.05) is 18.4 Å². The summed E-state index contributed by atoms with van der Waals surface area (Å²) in [5.41, 5.74) is 1.43. The topological polar surface area (TPSA) is 16.1 Å². The van der Waals surface area contributed by atoms with E-state index in [-0.39, 0.29) is 0 Å². The molecule has 2 nitrogen and oxygen atoms in total. The van der Waals surface area contributed by atoms with Crippen LogP contribution in [0.1, 0.15) is 50.5 Å². The molecular weight excluding hydrogens is 220 g/mol. The Hall–Kier alpha value is -0.890. The predicted octanol–water partition coefficient (Wildman–Crippen LogP) is 3.45. The van der Waals surface area contributed by atoms with Crippen molar-refractivity contribution in [1.82, 2.24) is 9.88 Å². The van der Waals surface area contributed by atoms with Gasteiger partial charge >= 0.3 is 0 Å². The van der Waals surface area contributed by atoms with Crippen molar-refractivity contribution in [2.45, 2.75) is 51.0 Å². The second kappa shape index (κ2) is 5.40. The summed E-state index contributed by atoms with van der Waals surface area (Å²) >= 11 is 0. The molecule has 0 radical (unpaired) electrons. The van der Waals surface area contributed by atoms with Gasteiger partial charge in [0.1, 0.15) is 0 Å². The molecule has 0 aliphatic carbocycles. The molecule has 0 spiro atoms. The highest BCUT2D eigenvalue weighted by atomic mass is 15.2. The maximum Gasteiger partial charge on any atom is 0.0302 e. The average Bonchev–Trinajstić information content (AvgIpc) is 2.47. The Bertz CT molecular complexity index is 368. The smallest absolute Gasteiger partial charge is 0.0302 e. The van der Waals surface area contributed by atoms with E-state index in [0.717, 1.165) is 12.0 Å². The fraction of sp³-hybridized carbons (Fsp3) is 0.688. The number of piperidine rings is 3. The van der Waals surface area contributed by atoms with Crippen LogP contribution < -0.4 is 0 Å². The van der Waals surface area contributed by atoms with E-state index in [0.29, 0.717) is 5.92 Å². The molecule has 4 heterocycles. The Morgan fingerprint density at radius 1 is 1.39 bits per heavy atom. The zero-order valence-corrected chi connectivity index (χ0v) is 11.4. The summed E-state index contributed by atoms with van der Waals surface area (Å²) in [6, 6.07) is 5.16. The largest absolute Gasteiger partial charge is 0.300 e. The zero-order chi connectivity index (χ0) is 12.4. The van der Waals surface area contributed by atoms with Crippen molar-refractivity contribution >= 4 is 0 Å². The maximum absolute atomic E-state index is 4.28. The van der Waals surface area contributed by atoms with Gasteiger partial charge in [0.2, 0.25) is 0 Å². The van der Waals surface area contributed by atoms with Gasteiger partial charge in [-0.05, 0) is 68.7 Å². The van der Waals surface area contributed by atoms with E-state index in [9.17, 15) is 0 Å². The summed E-state index contributed by atoms with van der Waals surface area (Å²) in [6.45, 7) is 5.01. The SMILES string of the molecule is CCC(CC1CC2CCN1CC2)c1cccnc1. The number of aromatic nitrogens is 1. The molecule has 18 heavy (non-hydrogen) atoms. The third kappa shape index (κ3) is 2.44. The van der Waals surface area contributed by atoms with Crippen molar-refractivity contribution in [2.24, 2.45) is 5.92 Å². The molecule has 0 N–H and O–H groups in total. The minimum atomic E-state index is 0.697. The predicted molar refractivity (Wildman–Crippen MR) is 74.6 cm³/mol. The van der Waals surface area contributed by atoms with E-state index >= 15 is 0 Å². The maximum atomic E-state index is 4.28.